The first-order chi connectivity index (χ1) is 4.66. The standard InChI is InChI=1S/C8H14O2/c1-4-10-8(9)6-5-7(2)3/h5-7H,4H2,1-3H3/b6-5+. The van der Waals surface area contributed by atoms with Gasteiger partial charge in [-0.25, -0.2) is 4.79 Å². The Balaban J connectivity index is 3.56. The summed E-state index contributed by atoms with van der Waals surface area (Å²) in [5.74, 6) is 0.153. The minimum absolute atomic E-state index is 0.254. The molecular weight excluding hydrogens is 128 g/mol. The SMILES string of the molecule is CCOC(=O)/C=C/C(C)C. The molecule has 58 valence electrons. The summed E-state index contributed by atoms with van der Waals surface area (Å²) in [5, 5.41) is 0. The predicted molar refractivity (Wildman–Crippen MR) is 40.6 cm³/mol. The molecule has 0 saturated heterocycles. The van der Waals surface area contributed by atoms with Crippen LogP contribution >= 0.6 is 0 Å². The van der Waals surface area contributed by atoms with Gasteiger partial charge in [-0.15, -0.1) is 0 Å². The Kier molecular flexibility index (Phi) is 4.63. The molecule has 0 amide bonds. The third-order valence-electron chi connectivity index (χ3n) is 0.904. The first-order valence-corrected chi connectivity index (χ1v) is 3.51. The summed E-state index contributed by atoms with van der Waals surface area (Å²) in [6, 6.07) is 0. The number of esters is 1. The number of carbonyl (C=O) groups is 1. The molecule has 0 fully saturated rings. The van der Waals surface area contributed by atoms with Gasteiger partial charge < -0.3 is 4.74 Å². The number of hydrogen-bond donors (Lipinski definition) is 0. The van der Waals surface area contributed by atoms with E-state index in [0.717, 1.165) is 0 Å². The first-order valence-electron chi connectivity index (χ1n) is 3.51. The van der Waals surface area contributed by atoms with E-state index in [0.29, 0.717) is 12.5 Å². The van der Waals surface area contributed by atoms with Crippen molar-refractivity contribution in [2.45, 2.75) is 20.8 Å². The lowest BCUT2D eigenvalue weighted by Crippen LogP contribution is -1.99. The molecule has 0 heterocycles. The molecule has 0 bridgehead atoms. The van der Waals surface area contributed by atoms with Crippen molar-refractivity contribution < 1.29 is 9.53 Å². The molecule has 0 saturated carbocycles. The molecular formula is C8H14O2. The summed E-state index contributed by atoms with van der Waals surface area (Å²) in [5.41, 5.74) is 0. The monoisotopic (exact) mass is 142 g/mol. The predicted octanol–water partition coefficient (Wildman–Crippen LogP) is 1.76. The van der Waals surface area contributed by atoms with Crippen LogP contribution in [-0.2, 0) is 9.53 Å². The molecule has 0 aromatic carbocycles. The Hall–Kier alpha value is -0.790. The van der Waals surface area contributed by atoms with Crippen LogP contribution in [-0.4, -0.2) is 12.6 Å². The van der Waals surface area contributed by atoms with Crippen LogP contribution in [0, 0.1) is 5.92 Å². The van der Waals surface area contributed by atoms with E-state index in [9.17, 15) is 4.79 Å². The van der Waals surface area contributed by atoms with Crippen molar-refractivity contribution in [2.75, 3.05) is 6.61 Å². The largest absolute Gasteiger partial charge is 0.463 e. The zero-order valence-corrected chi connectivity index (χ0v) is 6.76. The molecule has 2 nitrogen and oxygen atoms in total. The zero-order valence-electron chi connectivity index (χ0n) is 6.76. The minimum Gasteiger partial charge on any atom is -0.463 e. The van der Waals surface area contributed by atoms with Gasteiger partial charge in [0.1, 0.15) is 0 Å². The van der Waals surface area contributed by atoms with Crippen molar-refractivity contribution in [3.8, 4) is 0 Å². The Bertz CT molecular complexity index is 125. The highest BCUT2D eigenvalue weighted by molar-refractivity contribution is 5.81. The summed E-state index contributed by atoms with van der Waals surface area (Å²) in [6.07, 6.45) is 3.28. The molecule has 0 rings (SSSR count). The molecule has 0 aromatic heterocycles. The molecule has 0 radical (unpaired) electrons. The van der Waals surface area contributed by atoms with Gasteiger partial charge in [-0.1, -0.05) is 19.9 Å². The van der Waals surface area contributed by atoms with Crippen molar-refractivity contribution in [3.63, 3.8) is 0 Å². The fourth-order valence-corrected chi connectivity index (χ4v) is 0.461. The average molecular weight is 142 g/mol. The second-order valence-electron chi connectivity index (χ2n) is 2.36. The van der Waals surface area contributed by atoms with E-state index in [-0.39, 0.29) is 5.97 Å². The van der Waals surface area contributed by atoms with Crippen LogP contribution in [0.15, 0.2) is 12.2 Å². The van der Waals surface area contributed by atoms with Crippen molar-refractivity contribution in [2.24, 2.45) is 5.92 Å². The molecule has 0 spiro atoms. The molecule has 0 unspecified atom stereocenters. The van der Waals surface area contributed by atoms with Crippen molar-refractivity contribution in [1.29, 1.82) is 0 Å². The van der Waals surface area contributed by atoms with Gasteiger partial charge in [0.25, 0.3) is 0 Å². The highest BCUT2D eigenvalue weighted by atomic mass is 16.5. The molecule has 0 aromatic rings. The fraction of sp³-hybridized carbons (Fsp3) is 0.625. The van der Waals surface area contributed by atoms with Crippen LogP contribution in [0.3, 0.4) is 0 Å². The number of carbonyl (C=O) groups excluding carboxylic acids is 1. The zero-order chi connectivity index (χ0) is 7.98. The normalized spacial score (nSPS) is 10.8. The van der Waals surface area contributed by atoms with E-state index in [4.69, 9.17) is 0 Å². The number of allylic oxidation sites excluding steroid dienone is 1. The second kappa shape index (κ2) is 5.03. The maximum Gasteiger partial charge on any atom is 0.330 e. The van der Waals surface area contributed by atoms with E-state index >= 15 is 0 Å². The van der Waals surface area contributed by atoms with Gasteiger partial charge in [0.05, 0.1) is 6.61 Å². The van der Waals surface area contributed by atoms with E-state index in [1.165, 1.54) is 6.08 Å². The Morgan fingerprint density at radius 2 is 2.20 bits per heavy atom. The number of ether oxygens (including phenoxy) is 1. The van der Waals surface area contributed by atoms with Gasteiger partial charge in [0.2, 0.25) is 0 Å². The first kappa shape index (κ1) is 9.21. The van der Waals surface area contributed by atoms with Gasteiger partial charge >= 0.3 is 5.97 Å². The quantitative estimate of drug-likeness (QED) is 0.443. The molecule has 10 heavy (non-hydrogen) atoms. The summed E-state index contributed by atoms with van der Waals surface area (Å²) < 4.78 is 4.67. The van der Waals surface area contributed by atoms with E-state index in [1.807, 2.05) is 19.9 Å². The van der Waals surface area contributed by atoms with E-state index < -0.39 is 0 Å². The van der Waals surface area contributed by atoms with Crippen molar-refractivity contribution >= 4 is 5.97 Å². The van der Waals surface area contributed by atoms with Crippen LogP contribution in [0.25, 0.3) is 0 Å². The van der Waals surface area contributed by atoms with Crippen molar-refractivity contribution in [1.82, 2.24) is 0 Å². The maximum absolute atomic E-state index is 10.6. The van der Waals surface area contributed by atoms with Crippen LogP contribution in [0.2, 0.25) is 0 Å². The summed E-state index contributed by atoms with van der Waals surface area (Å²) in [6.45, 7) is 6.26. The summed E-state index contributed by atoms with van der Waals surface area (Å²) >= 11 is 0. The Labute approximate surface area is 61.9 Å². The third-order valence-corrected chi connectivity index (χ3v) is 0.904. The van der Waals surface area contributed by atoms with Gasteiger partial charge in [-0.3, -0.25) is 0 Å². The Morgan fingerprint density at radius 3 is 2.60 bits per heavy atom. The van der Waals surface area contributed by atoms with Gasteiger partial charge in [0.15, 0.2) is 0 Å². The van der Waals surface area contributed by atoms with Gasteiger partial charge in [-0.05, 0) is 12.8 Å². The van der Waals surface area contributed by atoms with E-state index in [1.54, 1.807) is 6.92 Å². The highest BCUT2D eigenvalue weighted by Gasteiger charge is 1.92. The van der Waals surface area contributed by atoms with Crippen molar-refractivity contribution in [3.05, 3.63) is 12.2 Å². The van der Waals surface area contributed by atoms with Gasteiger partial charge in [0, 0.05) is 6.08 Å². The lowest BCUT2D eigenvalue weighted by Gasteiger charge is -1.95. The lowest BCUT2D eigenvalue weighted by atomic mass is 10.2. The second-order valence-corrected chi connectivity index (χ2v) is 2.36. The van der Waals surface area contributed by atoms with Crippen LogP contribution < -0.4 is 0 Å². The van der Waals surface area contributed by atoms with Crippen LogP contribution in [0.5, 0.6) is 0 Å². The topological polar surface area (TPSA) is 26.3 Å². The molecule has 0 aliphatic heterocycles. The molecule has 0 aliphatic rings. The number of hydrogen-bond acceptors (Lipinski definition) is 2. The van der Waals surface area contributed by atoms with Crippen LogP contribution in [0.1, 0.15) is 20.8 Å². The lowest BCUT2D eigenvalue weighted by molar-refractivity contribution is -0.137. The fourth-order valence-electron chi connectivity index (χ4n) is 0.461. The maximum atomic E-state index is 10.6. The third kappa shape index (κ3) is 5.35. The number of rotatable bonds is 3. The van der Waals surface area contributed by atoms with Crippen LogP contribution in [0.4, 0.5) is 0 Å². The molecule has 0 aliphatic carbocycles. The Morgan fingerprint density at radius 1 is 1.60 bits per heavy atom. The smallest absolute Gasteiger partial charge is 0.330 e. The minimum atomic E-state index is -0.254. The highest BCUT2D eigenvalue weighted by Crippen LogP contribution is 1.93. The summed E-state index contributed by atoms with van der Waals surface area (Å²) in [4.78, 5) is 10.6. The molecule has 0 N–H and O–H groups in total. The summed E-state index contributed by atoms with van der Waals surface area (Å²) in [7, 11) is 0. The van der Waals surface area contributed by atoms with E-state index in [2.05, 4.69) is 4.74 Å². The average Bonchev–Trinajstić information content (AvgIpc) is 1.85. The molecule has 2 heteroatoms. The molecule has 0 atom stereocenters. The van der Waals surface area contributed by atoms with Gasteiger partial charge in [-0.2, -0.15) is 0 Å².